The third-order valence-electron chi connectivity index (χ3n) is 4.43. The number of piperazine rings is 1. The molecule has 0 aromatic heterocycles. The van der Waals surface area contributed by atoms with Gasteiger partial charge in [-0.2, -0.15) is 8.78 Å². The molecule has 1 aliphatic rings. The van der Waals surface area contributed by atoms with Gasteiger partial charge >= 0.3 is 6.61 Å². The number of hydrogen-bond donors (Lipinski definition) is 1. The van der Waals surface area contributed by atoms with Gasteiger partial charge in [0.1, 0.15) is 5.75 Å². The summed E-state index contributed by atoms with van der Waals surface area (Å²) in [4.78, 5) is 2.36. The Kier molecular flexibility index (Phi) is 6.24. The molecule has 0 radical (unpaired) electrons. The van der Waals surface area contributed by atoms with Gasteiger partial charge in [-0.15, -0.1) is 0 Å². The lowest BCUT2D eigenvalue weighted by Crippen LogP contribution is -2.45. The minimum Gasteiger partial charge on any atom is -0.435 e. The van der Waals surface area contributed by atoms with Gasteiger partial charge in [0.05, 0.1) is 0 Å². The smallest absolute Gasteiger partial charge is 0.387 e. The summed E-state index contributed by atoms with van der Waals surface area (Å²) in [6.45, 7) is 0.785. The number of benzene rings is 2. The quantitative estimate of drug-likeness (QED) is 0.832. The van der Waals surface area contributed by atoms with Crippen molar-refractivity contribution in [1.29, 1.82) is 0 Å². The van der Waals surface area contributed by atoms with Crippen LogP contribution >= 0.6 is 11.6 Å². The topological polar surface area (TPSA) is 24.5 Å². The monoisotopic (exact) mass is 366 g/mol. The van der Waals surface area contributed by atoms with E-state index in [1.54, 1.807) is 12.1 Å². The highest BCUT2D eigenvalue weighted by atomic mass is 35.5. The summed E-state index contributed by atoms with van der Waals surface area (Å²) in [5.74, 6) is 0.236. The number of nitrogens with zero attached hydrogens (tertiary/aromatic N) is 1. The number of halogens is 3. The molecular formula is C19H21ClF2N2O. The largest absolute Gasteiger partial charge is 0.435 e. The zero-order valence-electron chi connectivity index (χ0n) is 13.8. The van der Waals surface area contributed by atoms with Gasteiger partial charge in [0, 0.05) is 37.2 Å². The molecule has 1 atom stereocenters. The molecule has 0 spiro atoms. The number of hydrogen-bond acceptors (Lipinski definition) is 3. The Morgan fingerprint density at radius 1 is 1.08 bits per heavy atom. The molecule has 6 heteroatoms. The van der Waals surface area contributed by atoms with Crippen LogP contribution in [0.5, 0.6) is 5.75 Å². The molecule has 1 aliphatic heterocycles. The summed E-state index contributed by atoms with van der Waals surface area (Å²) < 4.78 is 30.1. The van der Waals surface area contributed by atoms with Crippen LogP contribution in [0.4, 0.5) is 8.78 Å². The first-order valence-electron chi connectivity index (χ1n) is 8.36. The molecule has 0 bridgehead atoms. The molecule has 3 rings (SSSR count). The average molecular weight is 367 g/mol. The molecule has 0 saturated carbocycles. The SMILES string of the molecule is FC(F)Oc1ccccc1CC(c1cccc(Cl)c1)N1CCNCC1. The first-order chi connectivity index (χ1) is 12.1. The van der Waals surface area contributed by atoms with Crippen LogP contribution < -0.4 is 10.1 Å². The number of ether oxygens (including phenoxy) is 1. The Labute approximate surface area is 151 Å². The normalized spacial score (nSPS) is 16.8. The van der Waals surface area contributed by atoms with Gasteiger partial charge in [-0.05, 0) is 35.7 Å². The summed E-state index contributed by atoms with van der Waals surface area (Å²) in [7, 11) is 0. The van der Waals surface area contributed by atoms with Gasteiger partial charge < -0.3 is 10.1 Å². The van der Waals surface area contributed by atoms with Gasteiger partial charge in [0.15, 0.2) is 0 Å². The standard InChI is InChI=1S/C19H21ClF2N2O/c20-16-6-3-5-14(12-16)17(24-10-8-23-9-11-24)13-15-4-1-2-7-18(15)25-19(21)22/h1-7,12,17,19,23H,8-11,13H2. The third kappa shape index (κ3) is 4.91. The van der Waals surface area contributed by atoms with Crippen molar-refractivity contribution in [3.63, 3.8) is 0 Å². The molecular weight excluding hydrogens is 346 g/mol. The highest BCUT2D eigenvalue weighted by molar-refractivity contribution is 6.30. The molecule has 2 aromatic carbocycles. The Morgan fingerprint density at radius 3 is 2.56 bits per heavy atom. The Hall–Kier alpha value is -1.69. The molecule has 3 nitrogen and oxygen atoms in total. The molecule has 1 unspecified atom stereocenters. The van der Waals surface area contributed by atoms with E-state index in [1.165, 1.54) is 0 Å². The van der Waals surface area contributed by atoms with E-state index < -0.39 is 6.61 Å². The number of para-hydroxylation sites is 1. The van der Waals surface area contributed by atoms with Crippen molar-refractivity contribution in [2.45, 2.75) is 19.1 Å². The van der Waals surface area contributed by atoms with Crippen LogP contribution in [0.25, 0.3) is 0 Å². The van der Waals surface area contributed by atoms with E-state index in [0.717, 1.165) is 37.3 Å². The predicted octanol–water partition coefficient (Wildman–Crippen LogP) is 4.13. The van der Waals surface area contributed by atoms with Crippen LogP contribution in [0.3, 0.4) is 0 Å². The van der Waals surface area contributed by atoms with Crippen molar-refractivity contribution in [2.75, 3.05) is 26.2 Å². The highest BCUT2D eigenvalue weighted by Crippen LogP contribution is 2.31. The van der Waals surface area contributed by atoms with E-state index in [9.17, 15) is 8.78 Å². The van der Waals surface area contributed by atoms with Crippen LogP contribution in [0.2, 0.25) is 5.02 Å². The fourth-order valence-corrected chi connectivity index (χ4v) is 3.46. The fourth-order valence-electron chi connectivity index (χ4n) is 3.26. The predicted molar refractivity (Wildman–Crippen MR) is 95.4 cm³/mol. The number of rotatable bonds is 6. The van der Waals surface area contributed by atoms with Crippen molar-refractivity contribution in [2.24, 2.45) is 0 Å². The second-order valence-electron chi connectivity index (χ2n) is 6.05. The van der Waals surface area contributed by atoms with E-state index in [0.29, 0.717) is 11.4 Å². The summed E-state index contributed by atoms with van der Waals surface area (Å²) in [5, 5.41) is 4.02. The molecule has 1 fully saturated rings. The number of alkyl halides is 2. The van der Waals surface area contributed by atoms with E-state index in [2.05, 4.69) is 10.2 Å². The summed E-state index contributed by atoms with van der Waals surface area (Å²) in [5.41, 5.74) is 1.85. The van der Waals surface area contributed by atoms with Gasteiger partial charge in [0.2, 0.25) is 0 Å². The summed E-state index contributed by atoms with van der Waals surface area (Å²) >= 11 is 6.18. The first kappa shape index (κ1) is 18.1. The zero-order chi connectivity index (χ0) is 17.6. The second-order valence-corrected chi connectivity index (χ2v) is 6.48. The maximum Gasteiger partial charge on any atom is 0.387 e. The van der Waals surface area contributed by atoms with Crippen molar-refractivity contribution >= 4 is 11.6 Å². The molecule has 1 heterocycles. The molecule has 1 saturated heterocycles. The van der Waals surface area contributed by atoms with Crippen molar-refractivity contribution in [3.05, 3.63) is 64.7 Å². The van der Waals surface area contributed by atoms with Crippen molar-refractivity contribution in [3.8, 4) is 5.75 Å². The third-order valence-corrected chi connectivity index (χ3v) is 4.66. The number of nitrogens with one attached hydrogen (secondary N) is 1. The Morgan fingerprint density at radius 2 is 1.84 bits per heavy atom. The van der Waals surface area contributed by atoms with E-state index in [1.807, 2.05) is 36.4 Å². The van der Waals surface area contributed by atoms with Gasteiger partial charge in [-0.1, -0.05) is 41.9 Å². The van der Waals surface area contributed by atoms with Crippen LogP contribution in [0.1, 0.15) is 17.2 Å². The summed E-state index contributed by atoms with van der Waals surface area (Å²) in [6.07, 6.45) is 0.587. The van der Waals surface area contributed by atoms with Crippen LogP contribution in [-0.2, 0) is 6.42 Å². The Bertz CT molecular complexity index is 693. The van der Waals surface area contributed by atoms with Gasteiger partial charge in [-0.3, -0.25) is 4.90 Å². The maximum absolute atomic E-state index is 12.7. The van der Waals surface area contributed by atoms with Crippen molar-refractivity contribution in [1.82, 2.24) is 10.2 Å². The lowest BCUT2D eigenvalue weighted by Gasteiger charge is -2.35. The fraction of sp³-hybridized carbons (Fsp3) is 0.368. The van der Waals surface area contributed by atoms with E-state index in [4.69, 9.17) is 16.3 Å². The second kappa shape index (κ2) is 8.61. The molecule has 0 amide bonds. The van der Waals surface area contributed by atoms with Crippen LogP contribution in [0, 0.1) is 0 Å². The molecule has 2 aromatic rings. The van der Waals surface area contributed by atoms with Gasteiger partial charge in [0.25, 0.3) is 0 Å². The van der Waals surface area contributed by atoms with Crippen molar-refractivity contribution < 1.29 is 13.5 Å². The lowest BCUT2D eigenvalue weighted by atomic mass is 9.96. The van der Waals surface area contributed by atoms with Gasteiger partial charge in [-0.25, -0.2) is 0 Å². The zero-order valence-corrected chi connectivity index (χ0v) is 14.6. The highest BCUT2D eigenvalue weighted by Gasteiger charge is 2.24. The molecule has 25 heavy (non-hydrogen) atoms. The minimum atomic E-state index is -2.83. The average Bonchev–Trinajstić information content (AvgIpc) is 2.61. The first-order valence-corrected chi connectivity index (χ1v) is 8.74. The van der Waals surface area contributed by atoms with E-state index in [-0.39, 0.29) is 11.8 Å². The minimum absolute atomic E-state index is 0.0585. The summed E-state index contributed by atoms with van der Waals surface area (Å²) in [6, 6.07) is 14.8. The van der Waals surface area contributed by atoms with Crippen LogP contribution in [-0.4, -0.2) is 37.7 Å². The molecule has 0 aliphatic carbocycles. The van der Waals surface area contributed by atoms with Crippen LogP contribution in [0.15, 0.2) is 48.5 Å². The van der Waals surface area contributed by atoms with E-state index >= 15 is 0 Å². The lowest BCUT2D eigenvalue weighted by molar-refractivity contribution is -0.0506. The maximum atomic E-state index is 12.7. The molecule has 134 valence electrons. The Balaban J connectivity index is 1.90. The molecule has 1 N–H and O–H groups in total.